The van der Waals surface area contributed by atoms with E-state index in [1.54, 1.807) is 0 Å². The van der Waals surface area contributed by atoms with Crippen LogP contribution >= 0.6 is 0 Å². The van der Waals surface area contributed by atoms with Gasteiger partial charge in [-0.05, 0) is 37.5 Å². The Morgan fingerprint density at radius 1 is 1.41 bits per heavy atom. The van der Waals surface area contributed by atoms with Crippen LogP contribution in [0.4, 0.5) is 10.1 Å². The summed E-state index contributed by atoms with van der Waals surface area (Å²) in [6, 6.07) is 3.91. The lowest BCUT2D eigenvalue weighted by atomic mass is 10.0. The van der Waals surface area contributed by atoms with E-state index in [1.165, 1.54) is 12.1 Å². The third-order valence-electron chi connectivity index (χ3n) is 2.44. The van der Waals surface area contributed by atoms with Gasteiger partial charge in [-0.3, -0.25) is 0 Å². The van der Waals surface area contributed by atoms with E-state index in [9.17, 15) is 9.18 Å². The van der Waals surface area contributed by atoms with E-state index < -0.39 is 11.8 Å². The zero-order valence-corrected chi connectivity index (χ0v) is 10.3. The third-order valence-corrected chi connectivity index (χ3v) is 2.44. The van der Waals surface area contributed by atoms with Crippen molar-refractivity contribution in [2.24, 2.45) is 5.92 Å². The van der Waals surface area contributed by atoms with Gasteiger partial charge in [-0.1, -0.05) is 13.8 Å². The second-order valence-electron chi connectivity index (χ2n) is 4.67. The molecule has 0 heterocycles. The molecule has 1 unspecified atom stereocenters. The molecule has 2 N–H and O–H groups in total. The van der Waals surface area contributed by atoms with Gasteiger partial charge >= 0.3 is 5.97 Å². The summed E-state index contributed by atoms with van der Waals surface area (Å²) in [6.45, 7) is 6.18. The van der Waals surface area contributed by atoms with Crippen LogP contribution in [0.3, 0.4) is 0 Å². The first-order valence-electron chi connectivity index (χ1n) is 5.69. The maximum atomic E-state index is 13.0. The summed E-state index contributed by atoms with van der Waals surface area (Å²) >= 11 is 0. The Balaban J connectivity index is 2.86. The highest BCUT2D eigenvalue weighted by molar-refractivity contribution is 5.94. The van der Waals surface area contributed by atoms with Gasteiger partial charge in [0.15, 0.2) is 0 Å². The number of nitrogens with one attached hydrogen (secondary N) is 1. The highest BCUT2D eigenvalue weighted by Gasteiger charge is 2.13. The fraction of sp³-hybridized carbons (Fsp3) is 0.462. The number of carbonyl (C=O) groups is 1. The van der Waals surface area contributed by atoms with E-state index in [0.29, 0.717) is 11.6 Å². The molecule has 94 valence electrons. The van der Waals surface area contributed by atoms with Crippen molar-refractivity contribution in [3.63, 3.8) is 0 Å². The molecule has 1 atom stereocenters. The van der Waals surface area contributed by atoms with E-state index >= 15 is 0 Å². The minimum absolute atomic E-state index is 0.0272. The average Bonchev–Trinajstić information content (AvgIpc) is 2.19. The Labute approximate surface area is 101 Å². The first kappa shape index (κ1) is 13.5. The second-order valence-corrected chi connectivity index (χ2v) is 4.67. The highest BCUT2D eigenvalue weighted by atomic mass is 19.1. The van der Waals surface area contributed by atoms with Crippen molar-refractivity contribution in [2.45, 2.75) is 33.2 Å². The molecule has 0 aliphatic rings. The predicted octanol–water partition coefficient (Wildman–Crippen LogP) is 3.37. The molecule has 0 saturated heterocycles. The van der Waals surface area contributed by atoms with Gasteiger partial charge in [-0.15, -0.1) is 0 Å². The summed E-state index contributed by atoms with van der Waals surface area (Å²) < 4.78 is 13.0. The maximum Gasteiger partial charge on any atom is 0.337 e. The Morgan fingerprint density at radius 3 is 2.59 bits per heavy atom. The molecule has 0 aromatic heterocycles. The number of benzene rings is 1. The first-order valence-corrected chi connectivity index (χ1v) is 5.69. The Kier molecular flexibility index (Phi) is 4.49. The molecule has 17 heavy (non-hydrogen) atoms. The molecule has 0 saturated carbocycles. The molecule has 0 aliphatic heterocycles. The van der Waals surface area contributed by atoms with E-state index in [1.807, 2.05) is 6.92 Å². The van der Waals surface area contributed by atoms with Crippen LogP contribution < -0.4 is 5.32 Å². The fourth-order valence-corrected chi connectivity index (χ4v) is 1.85. The monoisotopic (exact) mass is 239 g/mol. The number of aromatic carboxylic acids is 1. The van der Waals surface area contributed by atoms with Gasteiger partial charge < -0.3 is 10.4 Å². The molecule has 1 rings (SSSR count). The summed E-state index contributed by atoms with van der Waals surface area (Å²) in [4.78, 5) is 11.0. The van der Waals surface area contributed by atoms with E-state index in [2.05, 4.69) is 19.2 Å². The molecule has 0 aliphatic carbocycles. The molecular weight excluding hydrogens is 221 g/mol. The second kappa shape index (κ2) is 5.66. The Hall–Kier alpha value is -1.58. The third kappa shape index (κ3) is 4.06. The van der Waals surface area contributed by atoms with Crippen LogP contribution in [0.1, 0.15) is 37.6 Å². The molecule has 3 nitrogen and oxygen atoms in total. The number of carboxylic acids is 1. The fourth-order valence-electron chi connectivity index (χ4n) is 1.85. The zero-order chi connectivity index (χ0) is 13.0. The summed E-state index contributed by atoms with van der Waals surface area (Å²) in [6.07, 6.45) is 0.927. The smallest absolute Gasteiger partial charge is 0.337 e. The predicted molar refractivity (Wildman–Crippen MR) is 65.9 cm³/mol. The van der Waals surface area contributed by atoms with Crippen LogP contribution in [-0.2, 0) is 0 Å². The highest BCUT2D eigenvalue weighted by Crippen LogP contribution is 2.19. The van der Waals surface area contributed by atoms with Crippen LogP contribution in [-0.4, -0.2) is 17.1 Å². The number of halogens is 1. The van der Waals surface area contributed by atoms with E-state index in [4.69, 9.17) is 5.11 Å². The van der Waals surface area contributed by atoms with Gasteiger partial charge in [-0.25, -0.2) is 9.18 Å². The molecule has 0 fully saturated rings. The molecule has 4 heteroatoms. The molecule has 1 aromatic rings. The minimum atomic E-state index is -1.12. The molecular formula is C13H18FNO2. The SMILES string of the molecule is CC(C)CC(C)Nc1ccc(F)cc1C(=O)O. The summed E-state index contributed by atoms with van der Waals surface area (Å²) in [5, 5.41) is 12.1. The van der Waals surface area contributed by atoms with E-state index in [-0.39, 0.29) is 11.6 Å². The lowest BCUT2D eigenvalue weighted by Gasteiger charge is -2.18. The van der Waals surface area contributed by atoms with Gasteiger partial charge in [0, 0.05) is 11.7 Å². The summed E-state index contributed by atoms with van der Waals surface area (Å²) in [5.74, 6) is -1.14. The van der Waals surface area contributed by atoms with Crippen LogP contribution in [0, 0.1) is 11.7 Å². The first-order chi connectivity index (χ1) is 7.90. The van der Waals surface area contributed by atoms with Crippen molar-refractivity contribution in [1.82, 2.24) is 0 Å². The van der Waals surface area contributed by atoms with Crippen LogP contribution in [0.25, 0.3) is 0 Å². The van der Waals surface area contributed by atoms with Crippen molar-refractivity contribution in [3.8, 4) is 0 Å². The van der Waals surface area contributed by atoms with Gasteiger partial charge in [0.1, 0.15) is 5.82 Å². The molecule has 0 amide bonds. The number of hydrogen-bond donors (Lipinski definition) is 2. The Morgan fingerprint density at radius 2 is 2.06 bits per heavy atom. The van der Waals surface area contributed by atoms with Crippen LogP contribution in [0.15, 0.2) is 18.2 Å². The van der Waals surface area contributed by atoms with Crippen molar-refractivity contribution in [3.05, 3.63) is 29.6 Å². The molecule has 0 spiro atoms. The largest absolute Gasteiger partial charge is 0.478 e. The van der Waals surface area contributed by atoms with Crippen LogP contribution in [0.2, 0.25) is 0 Å². The van der Waals surface area contributed by atoms with Crippen molar-refractivity contribution in [2.75, 3.05) is 5.32 Å². The van der Waals surface area contributed by atoms with Crippen molar-refractivity contribution >= 4 is 11.7 Å². The minimum Gasteiger partial charge on any atom is -0.478 e. The zero-order valence-electron chi connectivity index (χ0n) is 10.3. The summed E-state index contributed by atoms with van der Waals surface area (Å²) in [7, 11) is 0. The Bertz CT molecular complexity index is 404. The number of anilines is 1. The average molecular weight is 239 g/mol. The van der Waals surface area contributed by atoms with Gasteiger partial charge in [0.2, 0.25) is 0 Å². The van der Waals surface area contributed by atoms with Gasteiger partial charge in [-0.2, -0.15) is 0 Å². The van der Waals surface area contributed by atoms with Crippen LogP contribution in [0.5, 0.6) is 0 Å². The number of rotatable bonds is 5. The maximum absolute atomic E-state index is 13.0. The summed E-state index contributed by atoms with van der Waals surface area (Å²) in [5.41, 5.74) is 0.438. The number of carboxylic acid groups (broad SMARTS) is 1. The van der Waals surface area contributed by atoms with Gasteiger partial charge in [0.25, 0.3) is 0 Å². The van der Waals surface area contributed by atoms with Crippen molar-refractivity contribution in [1.29, 1.82) is 0 Å². The normalized spacial score (nSPS) is 12.5. The standard InChI is InChI=1S/C13H18FNO2/c1-8(2)6-9(3)15-12-5-4-10(14)7-11(12)13(16)17/h4-5,7-9,15H,6H2,1-3H3,(H,16,17). The molecule has 1 aromatic carbocycles. The lowest BCUT2D eigenvalue weighted by molar-refractivity contribution is 0.0697. The lowest BCUT2D eigenvalue weighted by Crippen LogP contribution is -2.19. The van der Waals surface area contributed by atoms with Gasteiger partial charge in [0.05, 0.1) is 5.56 Å². The van der Waals surface area contributed by atoms with Crippen molar-refractivity contribution < 1.29 is 14.3 Å². The van der Waals surface area contributed by atoms with E-state index in [0.717, 1.165) is 12.5 Å². The molecule has 0 bridgehead atoms. The number of hydrogen-bond acceptors (Lipinski definition) is 2. The molecule has 0 radical (unpaired) electrons. The quantitative estimate of drug-likeness (QED) is 0.828. The topological polar surface area (TPSA) is 49.3 Å².